The Balaban J connectivity index is 1.53. The van der Waals surface area contributed by atoms with Crippen LogP contribution in [0.1, 0.15) is 36.1 Å². The van der Waals surface area contributed by atoms with Crippen LogP contribution in [0, 0.1) is 13.8 Å². The molecule has 2 aromatic heterocycles. The number of aryl methyl sites for hydroxylation is 2. The molecule has 0 bridgehead atoms. The molecule has 1 aliphatic heterocycles. The summed E-state index contributed by atoms with van der Waals surface area (Å²) in [4.78, 5) is 4.73. The molecule has 0 atom stereocenters. The SMILES string of the molecule is Cc1noc(C)c1S(=O)(=O)N1CCC(c2nc3ccccc3o2)CC1. The van der Waals surface area contributed by atoms with E-state index >= 15 is 0 Å². The Hall–Kier alpha value is -2.19. The molecule has 0 spiro atoms. The maximum absolute atomic E-state index is 12.9. The van der Waals surface area contributed by atoms with E-state index in [1.165, 1.54) is 4.31 Å². The fraction of sp³-hybridized carbons (Fsp3) is 0.412. The van der Waals surface area contributed by atoms with Gasteiger partial charge in [-0.2, -0.15) is 4.31 Å². The van der Waals surface area contributed by atoms with E-state index in [2.05, 4.69) is 10.1 Å². The molecule has 3 aromatic rings. The molecule has 0 unspecified atom stereocenters. The molecular formula is C17H19N3O4S. The number of hydrogen-bond donors (Lipinski definition) is 0. The van der Waals surface area contributed by atoms with Crippen LogP contribution < -0.4 is 0 Å². The fourth-order valence-corrected chi connectivity index (χ4v) is 5.14. The Morgan fingerprint density at radius 2 is 1.88 bits per heavy atom. The highest BCUT2D eigenvalue weighted by Crippen LogP contribution is 2.33. The lowest BCUT2D eigenvalue weighted by molar-refractivity contribution is 0.293. The second-order valence-corrected chi connectivity index (χ2v) is 8.23. The van der Waals surface area contributed by atoms with Gasteiger partial charge in [-0.3, -0.25) is 0 Å². The number of sulfonamides is 1. The second-order valence-electron chi connectivity index (χ2n) is 6.35. The minimum absolute atomic E-state index is 0.128. The van der Waals surface area contributed by atoms with Gasteiger partial charge in [0.15, 0.2) is 17.2 Å². The lowest BCUT2D eigenvalue weighted by Crippen LogP contribution is -2.38. The molecule has 25 heavy (non-hydrogen) atoms. The molecule has 8 heteroatoms. The number of fused-ring (bicyclic) bond motifs is 1. The number of hydrogen-bond acceptors (Lipinski definition) is 6. The van der Waals surface area contributed by atoms with Gasteiger partial charge in [0.2, 0.25) is 10.0 Å². The highest BCUT2D eigenvalue weighted by Gasteiger charge is 2.35. The Kier molecular flexibility index (Phi) is 3.88. The fourth-order valence-electron chi connectivity index (χ4n) is 3.38. The van der Waals surface area contributed by atoms with Gasteiger partial charge in [0.1, 0.15) is 16.1 Å². The van der Waals surface area contributed by atoms with Crippen LogP contribution in [-0.2, 0) is 10.0 Å². The third-order valence-electron chi connectivity index (χ3n) is 4.68. The van der Waals surface area contributed by atoms with Crippen molar-refractivity contribution in [3.8, 4) is 0 Å². The summed E-state index contributed by atoms with van der Waals surface area (Å²) in [5.74, 6) is 1.15. The second kappa shape index (κ2) is 5.96. The monoisotopic (exact) mass is 361 g/mol. The van der Waals surface area contributed by atoms with Crippen molar-refractivity contribution in [2.24, 2.45) is 0 Å². The van der Waals surface area contributed by atoms with E-state index in [0.29, 0.717) is 43.3 Å². The van der Waals surface area contributed by atoms with E-state index in [-0.39, 0.29) is 10.8 Å². The predicted molar refractivity (Wildman–Crippen MR) is 90.7 cm³/mol. The van der Waals surface area contributed by atoms with E-state index in [4.69, 9.17) is 8.94 Å². The third kappa shape index (κ3) is 2.75. The van der Waals surface area contributed by atoms with Crippen LogP contribution in [0.4, 0.5) is 0 Å². The average Bonchev–Trinajstić information content (AvgIpc) is 3.18. The third-order valence-corrected chi connectivity index (χ3v) is 6.82. The van der Waals surface area contributed by atoms with Crippen LogP contribution >= 0.6 is 0 Å². The minimum Gasteiger partial charge on any atom is -0.440 e. The minimum atomic E-state index is -3.58. The molecule has 0 N–H and O–H groups in total. The van der Waals surface area contributed by atoms with Crippen molar-refractivity contribution < 1.29 is 17.4 Å². The maximum Gasteiger partial charge on any atom is 0.248 e. The number of benzene rings is 1. The van der Waals surface area contributed by atoms with Crippen LogP contribution in [-0.4, -0.2) is 36.0 Å². The van der Waals surface area contributed by atoms with E-state index in [9.17, 15) is 8.42 Å². The molecule has 132 valence electrons. The number of rotatable bonds is 3. The lowest BCUT2D eigenvalue weighted by Gasteiger charge is -2.29. The molecule has 1 fully saturated rings. The molecule has 0 radical (unpaired) electrons. The summed E-state index contributed by atoms with van der Waals surface area (Å²) in [5.41, 5.74) is 2.00. The zero-order valence-corrected chi connectivity index (χ0v) is 14.9. The molecule has 7 nitrogen and oxygen atoms in total. The van der Waals surface area contributed by atoms with Crippen LogP contribution in [0.15, 0.2) is 38.1 Å². The molecule has 1 aromatic carbocycles. The van der Waals surface area contributed by atoms with Gasteiger partial charge in [0, 0.05) is 19.0 Å². The Morgan fingerprint density at radius 1 is 1.16 bits per heavy atom. The van der Waals surface area contributed by atoms with Gasteiger partial charge < -0.3 is 8.94 Å². The highest BCUT2D eigenvalue weighted by atomic mass is 32.2. The number of piperidine rings is 1. The molecule has 0 aliphatic carbocycles. The van der Waals surface area contributed by atoms with Gasteiger partial charge in [-0.05, 0) is 38.8 Å². The summed E-state index contributed by atoms with van der Waals surface area (Å²) in [5, 5.41) is 3.76. The summed E-state index contributed by atoms with van der Waals surface area (Å²) in [6.07, 6.45) is 1.35. The first kappa shape index (κ1) is 16.3. The largest absolute Gasteiger partial charge is 0.440 e. The van der Waals surface area contributed by atoms with Crippen LogP contribution in [0.2, 0.25) is 0 Å². The van der Waals surface area contributed by atoms with Crippen molar-refractivity contribution in [1.29, 1.82) is 0 Å². The van der Waals surface area contributed by atoms with Gasteiger partial charge in [-0.1, -0.05) is 17.3 Å². The molecule has 1 saturated heterocycles. The van der Waals surface area contributed by atoms with Crippen molar-refractivity contribution in [3.05, 3.63) is 41.6 Å². The first-order chi connectivity index (χ1) is 12.0. The molecular weight excluding hydrogens is 342 g/mol. The maximum atomic E-state index is 12.9. The van der Waals surface area contributed by atoms with E-state index in [1.807, 2.05) is 24.3 Å². The smallest absolute Gasteiger partial charge is 0.248 e. The number of oxazole rings is 1. The van der Waals surface area contributed by atoms with E-state index in [1.54, 1.807) is 13.8 Å². The first-order valence-corrected chi connectivity index (χ1v) is 9.69. The van der Waals surface area contributed by atoms with Crippen molar-refractivity contribution in [3.63, 3.8) is 0 Å². The van der Waals surface area contributed by atoms with Crippen LogP contribution in [0.5, 0.6) is 0 Å². The summed E-state index contributed by atoms with van der Waals surface area (Å²) in [6, 6.07) is 7.64. The van der Waals surface area contributed by atoms with Gasteiger partial charge in [0.25, 0.3) is 0 Å². The van der Waals surface area contributed by atoms with Crippen LogP contribution in [0.3, 0.4) is 0 Å². The summed E-state index contributed by atoms with van der Waals surface area (Å²) >= 11 is 0. The summed E-state index contributed by atoms with van der Waals surface area (Å²) in [6.45, 7) is 4.12. The molecule has 0 amide bonds. The van der Waals surface area contributed by atoms with Gasteiger partial charge in [-0.25, -0.2) is 13.4 Å². The highest BCUT2D eigenvalue weighted by molar-refractivity contribution is 7.89. The predicted octanol–water partition coefficient (Wildman–Crippen LogP) is 3.00. The first-order valence-electron chi connectivity index (χ1n) is 8.25. The quantitative estimate of drug-likeness (QED) is 0.712. The van der Waals surface area contributed by atoms with E-state index in [0.717, 1.165) is 11.1 Å². The zero-order valence-electron chi connectivity index (χ0n) is 14.1. The van der Waals surface area contributed by atoms with Gasteiger partial charge in [0.05, 0.1) is 0 Å². The Bertz CT molecular complexity index is 961. The zero-order chi connectivity index (χ0) is 17.6. The van der Waals surface area contributed by atoms with Gasteiger partial charge >= 0.3 is 0 Å². The van der Waals surface area contributed by atoms with Crippen molar-refractivity contribution in [1.82, 2.24) is 14.4 Å². The number of nitrogens with zero attached hydrogens (tertiary/aromatic N) is 3. The lowest BCUT2D eigenvalue weighted by atomic mass is 9.98. The summed E-state index contributed by atoms with van der Waals surface area (Å²) in [7, 11) is -3.58. The molecule has 1 aliphatic rings. The van der Waals surface area contributed by atoms with E-state index < -0.39 is 10.0 Å². The molecule has 0 saturated carbocycles. The molecule has 3 heterocycles. The van der Waals surface area contributed by atoms with Gasteiger partial charge in [-0.15, -0.1) is 0 Å². The normalized spacial score (nSPS) is 17.4. The van der Waals surface area contributed by atoms with Crippen molar-refractivity contribution >= 4 is 21.1 Å². The van der Waals surface area contributed by atoms with Crippen LogP contribution in [0.25, 0.3) is 11.1 Å². The standard InChI is InChI=1S/C17H19N3O4S/c1-11-16(12(2)24-19-11)25(21,22)20-9-7-13(8-10-20)17-18-14-5-3-4-6-15(14)23-17/h3-6,13H,7-10H2,1-2H3. The topological polar surface area (TPSA) is 89.4 Å². The van der Waals surface area contributed by atoms with Crippen molar-refractivity contribution in [2.45, 2.75) is 37.5 Å². The Morgan fingerprint density at radius 3 is 2.52 bits per heavy atom. The number of aromatic nitrogens is 2. The molecule has 4 rings (SSSR count). The number of para-hydroxylation sites is 2. The van der Waals surface area contributed by atoms with Crippen molar-refractivity contribution in [2.75, 3.05) is 13.1 Å². The Labute approximate surface area is 145 Å². The summed E-state index contributed by atoms with van der Waals surface area (Å²) < 4.78 is 38.1. The average molecular weight is 361 g/mol.